The molecule has 1 rings (SSSR count). The van der Waals surface area contributed by atoms with Gasteiger partial charge >= 0.3 is 0 Å². The van der Waals surface area contributed by atoms with E-state index in [-0.39, 0.29) is 6.54 Å². The normalized spacial score (nSPS) is 16.5. The van der Waals surface area contributed by atoms with Gasteiger partial charge in [0.2, 0.25) is 6.41 Å². The predicted molar refractivity (Wildman–Crippen MR) is 59.1 cm³/mol. The fourth-order valence-electron chi connectivity index (χ4n) is 1.21. The monoisotopic (exact) mass is 208 g/mol. The van der Waals surface area contributed by atoms with E-state index < -0.39 is 6.10 Å². The second-order valence-electron chi connectivity index (χ2n) is 3.27. The van der Waals surface area contributed by atoms with E-state index in [1.54, 1.807) is 0 Å². The second kappa shape index (κ2) is 6.84. The average Bonchev–Trinajstić information content (AvgIpc) is 2.51. The van der Waals surface area contributed by atoms with E-state index in [2.05, 4.69) is 10.6 Å². The topological polar surface area (TPSA) is 61.4 Å². The summed E-state index contributed by atoms with van der Waals surface area (Å²) in [5, 5.41) is 15.0. The molecular formula is C11H16N2O2. The molecule has 0 spiro atoms. The Labute approximate surface area is 89.4 Å². The summed E-state index contributed by atoms with van der Waals surface area (Å²) in [5.41, 5.74) is 1.06. The molecule has 1 amide bonds. The van der Waals surface area contributed by atoms with Crippen molar-refractivity contribution in [2.45, 2.75) is 12.5 Å². The predicted octanol–water partition coefficient (Wildman–Crippen LogP) is 0.0829. The lowest BCUT2D eigenvalue weighted by atomic mass is 10.2. The van der Waals surface area contributed by atoms with Crippen molar-refractivity contribution < 1.29 is 9.90 Å². The molecule has 4 nitrogen and oxygen atoms in total. The van der Waals surface area contributed by atoms with Gasteiger partial charge in [-0.3, -0.25) is 4.79 Å². The fourth-order valence-corrected chi connectivity index (χ4v) is 1.21. The Morgan fingerprint density at radius 1 is 1.40 bits per heavy atom. The molecule has 0 heterocycles. The Kier molecular flexibility index (Phi) is 5.25. The number of rotatable bonds is 6. The van der Waals surface area contributed by atoms with Crippen LogP contribution in [0.5, 0.6) is 0 Å². The Morgan fingerprint density at radius 2 is 2.27 bits per heavy atom. The first-order valence-corrected chi connectivity index (χ1v) is 4.94. The number of carbonyl (C=O) groups excluding carboxylic acids is 1. The quantitative estimate of drug-likeness (QED) is 0.542. The summed E-state index contributed by atoms with van der Waals surface area (Å²) in [6.45, 7) is 0.712. The number of amides is 1. The van der Waals surface area contributed by atoms with Crippen molar-refractivity contribution in [1.82, 2.24) is 10.6 Å². The van der Waals surface area contributed by atoms with E-state index in [4.69, 9.17) is 0 Å². The molecule has 0 radical (unpaired) electrons. The third kappa shape index (κ3) is 5.02. The van der Waals surface area contributed by atoms with Gasteiger partial charge in [-0.25, -0.2) is 0 Å². The van der Waals surface area contributed by atoms with Gasteiger partial charge in [0, 0.05) is 25.2 Å². The van der Waals surface area contributed by atoms with Gasteiger partial charge in [-0.05, 0) is 6.08 Å². The molecule has 0 saturated heterocycles. The Balaban J connectivity index is 2.24. The standard InChI is InChI=1S/C11H16N2O2/c14-9-12-7-11(15)8-13-10-5-3-1-2-4-6-10/h1-5,9,11,13,15H,6-8H2,(H,12,14)/t11-/m0/s1. The van der Waals surface area contributed by atoms with Crippen LogP contribution in [0.15, 0.2) is 36.1 Å². The molecule has 1 atom stereocenters. The number of allylic oxidation sites excluding steroid dienone is 5. The molecule has 3 N–H and O–H groups in total. The molecule has 0 aliphatic heterocycles. The maximum Gasteiger partial charge on any atom is 0.207 e. The zero-order valence-corrected chi connectivity index (χ0v) is 8.52. The van der Waals surface area contributed by atoms with E-state index in [9.17, 15) is 9.90 Å². The molecule has 0 unspecified atom stereocenters. The molecule has 1 aliphatic rings. The van der Waals surface area contributed by atoms with Gasteiger partial charge in [-0.2, -0.15) is 0 Å². The van der Waals surface area contributed by atoms with Crippen LogP contribution in [0.3, 0.4) is 0 Å². The van der Waals surface area contributed by atoms with E-state index in [0.29, 0.717) is 13.0 Å². The summed E-state index contributed by atoms with van der Waals surface area (Å²) in [7, 11) is 0. The maximum absolute atomic E-state index is 9.99. The van der Waals surface area contributed by atoms with Gasteiger partial charge in [-0.15, -0.1) is 0 Å². The van der Waals surface area contributed by atoms with E-state index in [1.165, 1.54) is 0 Å². The fraction of sp³-hybridized carbons (Fsp3) is 0.364. The summed E-state index contributed by atoms with van der Waals surface area (Å²) in [6, 6.07) is 0. The molecule has 1 aliphatic carbocycles. The van der Waals surface area contributed by atoms with Crippen LogP contribution in [0.25, 0.3) is 0 Å². The van der Waals surface area contributed by atoms with Crippen LogP contribution < -0.4 is 10.6 Å². The molecule has 82 valence electrons. The molecule has 4 heteroatoms. The number of carbonyl (C=O) groups is 1. The van der Waals surface area contributed by atoms with Crippen LogP contribution >= 0.6 is 0 Å². The molecule has 0 fully saturated rings. The SMILES string of the molecule is O=CNC[C@H](O)CNC1=CC=CC=CC1. The zero-order chi connectivity index (χ0) is 10.9. The highest BCUT2D eigenvalue weighted by Gasteiger charge is 2.03. The van der Waals surface area contributed by atoms with Crippen molar-refractivity contribution >= 4 is 6.41 Å². The summed E-state index contributed by atoms with van der Waals surface area (Å²) in [5.74, 6) is 0. The summed E-state index contributed by atoms with van der Waals surface area (Å²) in [4.78, 5) is 9.99. The van der Waals surface area contributed by atoms with Gasteiger partial charge < -0.3 is 15.7 Å². The minimum atomic E-state index is -0.563. The van der Waals surface area contributed by atoms with Crippen molar-refractivity contribution in [3.63, 3.8) is 0 Å². The number of hydrogen-bond acceptors (Lipinski definition) is 3. The highest BCUT2D eigenvalue weighted by atomic mass is 16.3. The smallest absolute Gasteiger partial charge is 0.207 e. The van der Waals surface area contributed by atoms with Crippen molar-refractivity contribution in [2.75, 3.05) is 13.1 Å². The second-order valence-corrected chi connectivity index (χ2v) is 3.27. The van der Waals surface area contributed by atoms with Crippen LogP contribution in [0, 0.1) is 0 Å². The van der Waals surface area contributed by atoms with E-state index in [0.717, 1.165) is 12.1 Å². The molecule has 0 saturated carbocycles. The van der Waals surface area contributed by atoms with Crippen molar-refractivity contribution in [3.05, 3.63) is 36.1 Å². The molecule has 15 heavy (non-hydrogen) atoms. The Bertz CT molecular complexity index is 282. The Hall–Kier alpha value is -1.55. The highest BCUT2D eigenvalue weighted by Crippen LogP contribution is 2.03. The minimum Gasteiger partial charge on any atom is -0.389 e. The molecular weight excluding hydrogens is 192 g/mol. The molecule has 0 aromatic carbocycles. The largest absolute Gasteiger partial charge is 0.389 e. The van der Waals surface area contributed by atoms with Crippen molar-refractivity contribution in [3.8, 4) is 0 Å². The number of nitrogens with one attached hydrogen (secondary N) is 2. The third-order valence-electron chi connectivity index (χ3n) is 2.00. The number of aliphatic hydroxyl groups is 1. The summed E-state index contributed by atoms with van der Waals surface area (Å²) >= 11 is 0. The number of aliphatic hydroxyl groups excluding tert-OH is 1. The first-order chi connectivity index (χ1) is 7.33. The first-order valence-electron chi connectivity index (χ1n) is 4.94. The molecule has 0 aromatic rings. The zero-order valence-electron chi connectivity index (χ0n) is 8.52. The van der Waals surface area contributed by atoms with Gasteiger partial charge in [0.15, 0.2) is 0 Å². The van der Waals surface area contributed by atoms with E-state index >= 15 is 0 Å². The van der Waals surface area contributed by atoms with Gasteiger partial charge in [-0.1, -0.05) is 24.3 Å². The van der Waals surface area contributed by atoms with Crippen LogP contribution in [-0.2, 0) is 4.79 Å². The molecule has 0 aromatic heterocycles. The third-order valence-corrected chi connectivity index (χ3v) is 2.00. The Morgan fingerprint density at radius 3 is 3.07 bits per heavy atom. The van der Waals surface area contributed by atoms with Crippen LogP contribution in [0.1, 0.15) is 6.42 Å². The van der Waals surface area contributed by atoms with Crippen LogP contribution in [0.2, 0.25) is 0 Å². The average molecular weight is 208 g/mol. The minimum absolute atomic E-state index is 0.273. The van der Waals surface area contributed by atoms with Gasteiger partial charge in [0.05, 0.1) is 6.10 Å². The van der Waals surface area contributed by atoms with Gasteiger partial charge in [0.25, 0.3) is 0 Å². The van der Waals surface area contributed by atoms with Crippen molar-refractivity contribution in [1.29, 1.82) is 0 Å². The van der Waals surface area contributed by atoms with Crippen molar-refractivity contribution in [2.24, 2.45) is 0 Å². The first kappa shape index (κ1) is 11.5. The lowest BCUT2D eigenvalue weighted by Gasteiger charge is -2.13. The molecule has 0 bridgehead atoms. The summed E-state index contributed by atoms with van der Waals surface area (Å²) < 4.78 is 0. The lowest BCUT2D eigenvalue weighted by molar-refractivity contribution is -0.109. The van der Waals surface area contributed by atoms with Crippen LogP contribution in [0.4, 0.5) is 0 Å². The lowest BCUT2D eigenvalue weighted by Crippen LogP contribution is -2.34. The highest BCUT2D eigenvalue weighted by molar-refractivity contribution is 5.45. The summed E-state index contributed by atoms with van der Waals surface area (Å²) in [6.07, 6.45) is 10.8. The van der Waals surface area contributed by atoms with E-state index in [1.807, 2.05) is 30.4 Å². The number of hydrogen-bond donors (Lipinski definition) is 3. The maximum atomic E-state index is 9.99. The van der Waals surface area contributed by atoms with Gasteiger partial charge in [0.1, 0.15) is 0 Å². The van der Waals surface area contributed by atoms with Crippen LogP contribution in [-0.4, -0.2) is 30.7 Å².